The number of aromatic nitrogens is 7. The van der Waals surface area contributed by atoms with Crippen molar-refractivity contribution in [3.05, 3.63) is 47.8 Å². The van der Waals surface area contributed by atoms with Crippen molar-refractivity contribution in [2.45, 2.75) is 6.92 Å². The fraction of sp³-hybridized carbons (Fsp3) is 0.125. The first-order chi connectivity index (χ1) is 13.0. The fourth-order valence-corrected chi connectivity index (χ4v) is 2.50. The minimum Gasteiger partial charge on any atom is -0.312 e. The summed E-state index contributed by atoms with van der Waals surface area (Å²) in [6.45, 7) is 1.77. The van der Waals surface area contributed by atoms with E-state index < -0.39 is 11.6 Å². The zero-order chi connectivity index (χ0) is 19.0. The molecule has 2 N–H and O–H groups in total. The van der Waals surface area contributed by atoms with Gasteiger partial charge in [0.05, 0.1) is 22.4 Å². The van der Waals surface area contributed by atoms with Gasteiger partial charge < -0.3 is 4.57 Å². The fourth-order valence-electron chi connectivity index (χ4n) is 2.50. The number of halogens is 2. The van der Waals surface area contributed by atoms with Crippen LogP contribution in [0.1, 0.15) is 12.6 Å². The third-order valence-corrected chi connectivity index (χ3v) is 3.98. The Morgan fingerprint density at radius 2 is 2.04 bits per heavy atom. The standard InChI is InChI=1S/C16H13F2N9/c1-8(12-4-3-9(7-19-12)15-22-25-26-23-15)21-24-16-20-13-5-10(17)11(18)6-14(13)27(16)2/h3-7H,1-2H3,(H,20,24)(H,22,23,25,26)/b21-8+. The largest absolute Gasteiger partial charge is 0.312 e. The quantitative estimate of drug-likeness (QED) is 0.422. The number of nitrogens with one attached hydrogen (secondary N) is 2. The number of aromatic amines is 1. The Hall–Kier alpha value is -3.76. The Kier molecular flexibility index (Phi) is 4.03. The molecule has 3 heterocycles. The highest BCUT2D eigenvalue weighted by atomic mass is 19.2. The topological polar surface area (TPSA) is 110 Å². The number of imidazole rings is 1. The Labute approximate surface area is 151 Å². The number of hydrogen-bond donors (Lipinski definition) is 2. The SMILES string of the molecule is C/C(=N\Nc1nc2cc(F)c(F)cc2n1C)c1ccc(-c2nn[nH]n2)cn1. The van der Waals surface area contributed by atoms with Crippen LogP contribution < -0.4 is 5.43 Å². The minimum absolute atomic E-state index is 0.328. The van der Waals surface area contributed by atoms with Crippen LogP contribution in [0.5, 0.6) is 0 Å². The van der Waals surface area contributed by atoms with Crippen molar-refractivity contribution in [1.29, 1.82) is 0 Å². The highest BCUT2D eigenvalue weighted by Crippen LogP contribution is 2.21. The molecule has 0 atom stereocenters. The number of rotatable bonds is 4. The summed E-state index contributed by atoms with van der Waals surface area (Å²) in [5.74, 6) is -1.08. The summed E-state index contributed by atoms with van der Waals surface area (Å²) in [5, 5.41) is 17.9. The summed E-state index contributed by atoms with van der Waals surface area (Å²) in [7, 11) is 1.68. The number of pyridine rings is 1. The van der Waals surface area contributed by atoms with Gasteiger partial charge in [0.25, 0.3) is 0 Å². The van der Waals surface area contributed by atoms with E-state index in [0.29, 0.717) is 39.8 Å². The molecule has 0 unspecified atom stereocenters. The lowest BCUT2D eigenvalue weighted by molar-refractivity contribution is 0.510. The van der Waals surface area contributed by atoms with Crippen molar-refractivity contribution in [2.24, 2.45) is 12.1 Å². The van der Waals surface area contributed by atoms with Gasteiger partial charge in [0.1, 0.15) is 0 Å². The maximum atomic E-state index is 13.4. The number of hydrazone groups is 1. The molecule has 0 aliphatic rings. The second-order valence-corrected chi connectivity index (χ2v) is 5.73. The molecule has 0 fully saturated rings. The van der Waals surface area contributed by atoms with Gasteiger partial charge in [0.15, 0.2) is 11.6 Å². The van der Waals surface area contributed by atoms with Crippen LogP contribution in [0.2, 0.25) is 0 Å². The van der Waals surface area contributed by atoms with E-state index in [1.54, 1.807) is 36.9 Å². The molecule has 3 aromatic heterocycles. The number of H-pyrrole nitrogens is 1. The molecule has 136 valence electrons. The lowest BCUT2D eigenvalue weighted by Crippen LogP contribution is -2.05. The van der Waals surface area contributed by atoms with E-state index in [-0.39, 0.29) is 0 Å². The summed E-state index contributed by atoms with van der Waals surface area (Å²) >= 11 is 0. The predicted octanol–water partition coefficient (Wildman–Crippen LogP) is 2.26. The average molecular weight is 369 g/mol. The van der Waals surface area contributed by atoms with Crippen molar-refractivity contribution < 1.29 is 8.78 Å². The molecule has 4 rings (SSSR count). The second-order valence-electron chi connectivity index (χ2n) is 5.73. The van der Waals surface area contributed by atoms with Crippen molar-refractivity contribution >= 4 is 22.7 Å². The van der Waals surface area contributed by atoms with Gasteiger partial charge in [-0.1, -0.05) is 0 Å². The van der Waals surface area contributed by atoms with Gasteiger partial charge in [-0.2, -0.15) is 10.3 Å². The first-order valence-corrected chi connectivity index (χ1v) is 7.85. The minimum atomic E-state index is -0.947. The zero-order valence-electron chi connectivity index (χ0n) is 14.3. The predicted molar refractivity (Wildman–Crippen MR) is 93.9 cm³/mol. The molecule has 4 aromatic rings. The van der Waals surface area contributed by atoms with Gasteiger partial charge in [-0.05, 0) is 24.3 Å². The molecule has 0 saturated heterocycles. The van der Waals surface area contributed by atoms with Gasteiger partial charge in [-0.25, -0.2) is 19.2 Å². The maximum Gasteiger partial charge on any atom is 0.224 e. The van der Waals surface area contributed by atoms with Crippen LogP contribution >= 0.6 is 0 Å². The Morgan fingerprint density at radius 3 is 2.74 bits per heavy atom. The van der Waals surface area contributed by atoms with E-state index in [2.05, 4.69) is 41.1 Å². The van der Waals surface area contributed by atoms with Gasteiger partial charge in [-0.3, -0.25) is 4.98 Å². The molecule has 0 saturated carbocycles. The highest BCUT2D eigenvalue weighted by Gasteiger charge is 2.12. The van der Waals surface area contributed by atoms with E-state index in [1.165, 1.54) is 0 Å². The van der Waals surface area contributed by atoms with Crippen molar-refractivity contribution in [1.82, 2.24) is 35.2 Å². The smallest absolute Gasteiger partial charge is 0.224 e. The normalized spacial score (nSPS) is 11.9. The third kappa shape index (κ3) is 3.10. The van der Waals surface area contributed by atoms with E-state index in [1.807, 2.05) is 0 Å². The van der Waals surface area contributed by atoms with Crippen molar-refractivity contribution in [3.8, 4) is 11.4 Å². The van der Waals surface area contributed by atoms with Gasteiger partial charge in [-0.15, -0.1) is 10.2 Å². The molecular weight excluding hydrogens is 356 g/mol. The number of hydrogen-bond acceptors (Lipinski definition) is 7. The summed E-state index contributed by atoms with van der Waals surface area (Å²) in [6, 6.07) is 5.71. The maximum absolute atomic E-state index is 13.4. The Bertz CT molecular complexity index is 1130. The molecule has 27 heavy (non-hydrogen) atoms. The second kappa shape index (κ2) is 6.52. The van der Waals surface area contributed by atoms with Crippen molar-refractivity contribution in [2.75, 3.05) is 5.43 Å². The first-order valence-electron chi connectivity index (χ1n) is 7.85. The van der Waals surface area contributed by atoms with Crippen LogP contribution in [0.3, 0.4) is 0 Å². The number of tetrazole rings is 1. The molecule has 0 amide bonds. The van der Waals surface area contributed by atoms with Crippen LogP contribution in [0, 0.1) is 11.6 Å². The number of fused-ring (bicyclic) bond motifs is 1. The lowest BCUT2D eigenvalue weighted by atomic mass is 10.2. The molecule has 0 bridgehead atoms. The van der Waals surface area contributed by atoms with Crippen LogP contribution in [0.25, 0.3) is 22.4 Å². The molecule has 0 spiro atoms. The number of anilines is 1. The van der Waals surface area contributed by atoms with E-state index in [4.69, 9.17) is 0 Å². The van der Waals surface area contributed by atoms with Crippen LogP contribution in [-0.2, 0) is 7.05 Å². The highest BCUT2D eigenvalue weighted by molar-refractivity contribution is 5.97. The number of nitrogens with zero attached hydrogens (tertiary/aromatic N) is 7. The van der Waals surface area contributed by atoms with Gasteiger partial charge in [0, 0.05) is 30.9 Å². The molecule has 1 aromatic carbocycles. The number of benzene rings is 1. The number of aryl methyl sites for hydroxylation is 1. The molecule has 9 nitrogen and oxygen atoms in total. The Balaban J connectivity index is 1.57. The summed E-state index contributed by atoms with van der Waals surface area (Å²) in [5.41, 5.74) is 5.52. The molecule has 0 aliphatic heterocycles. The zero-order valence-corrected chi connectivity index (χ0v) is 14.3. The monoisotopic (exact) mass is 369 g/mol. The van der Waals surface area contributed by atoms with E-state index in [0.717, 1.165) is 12.1 Å². The molecule has 0 radical (unpaired) electrons. The summed E-state index contributed by atoms with van der Waals surface area (Å²) in [4.78, 5) is 8.53. The van der Waals surface area contributed by atoms with E-state index in [9.17, 15) is 8.78 Å². The first kappa shape index (κ1) is 16.7. The summed E-state index contributed by atoms with van der Waals surface area (Å²) < 4.78 is 28.4. The van der Waals surface area contributed by atoms with Crippen LogP contribution in [0.15, 0.2) is 35.6 Å². The average Bonchev–Trinajstić information content (AvgIpc) is 3.30. The lowest BCUT2D eigenvalue weighted by Gasteiger charge is -2.04. The van der Waals surface area contributed by atoms with Crippen LogP contribution in [0.4, 0.5) is 14.7 Å². The van der Waals surface area contributed by atoms with E-state index >= 15 is 0 Å². The third-order valence-electron chi connectivity index (χ3n) is 3.98. The van der Waals surface area contributed by atoms with Gasteiger partial charge in [0.2, 0.25) is 11.8 Å². The molecule has 11 heteroatoms. The summed E-state index contributed by atoms with van der Waals surface area (Å²) in [6.07, 6.45) is 1.61. The van der Waals surface area contributed by atoms with Gasteiger partial charge >= 0.3 is 0 Å². The Morgan fingerprint density at radius 1 is 1.22 bits per heavy atom. The van der Waals surface area contributed by atoms with Crippen LogP contribution in [-0.4, -0.2) is 40.9 Å². The molecule has 0 aliphatic carbocycles. The van der Waals surface area contributed by atoms with Crippen molar-refractivity contribution in [3.63, 3.8) is 0 Å². The molecular formula is C16H13F2N9.